The zero-order valence-corrected chi connectivity index (χ0v) is 14.7. The van der Waals surface area contributed by atoms with Crippen LogP contribution in [-0.2, 0) is 17.9 Å². The lowest BCUT2D eigenvalue weighted by atomic mass is 10.2. The summed E-state index contributed by atoms with van der Waals surface area (Å²) in [6, 6.07) is 23.2. The van der Waals surface area contributed by atoms with E-state index < -0.39 is 5.82 Å². The van der Waals surface area contributed by atoms with Crippen LogP contribution in [0.25, 0.3) is 0 Å². The lowest BCUT2D eigenvalue weighted by Crippen LogP contribution is -2.28. The van der Waals surface area contributed by atoms with Gasteiger partial charge in [0, 0.05) is 12.6 Å². The second-order valence-electron chi connectivity index (χ2n) is 5.94. The van der Waals surface area contributed by atoms with Gasteiger partial charge in [-0.1, -0.05) is 48.5 Å². The van der Waals surface area contributed by atoms with Crippen molar-refractivity contribution in [2.45, 2.75) is 13.2 Å². The molecule has 0 saturated carbocycles. The SMILES string of the molecule is O=C(COc1cccc(F)c1)NCc1ccc(OCc2ccccc2)cc1. The Morgan fingerprint density at radius 1 is 0.815 bits per heavy atom. The van der Waals surface area contributed by atoms with E-state index in [0.29, 0.717) is 18.9 Å². The normalized spacial score (nSPS) is 10.3. The zero-order chi connectivity index (χ0) is 18.9. The highest BCUT2D eigenvalue weighted by molar-refractivity contribution is 5.77. The number of amides is 1. The molecule has 0 atom stereocenters. The Kier molecular flexibility index (Phi) is 6.41. The molecule has 1 N–H and O–H groups in total. The monoisotopic (exact) mass is 365 g/mol. The van der Waals surface area contributed by atoms with E-state index in [9.17, 15) is 9.18 Å². The van der Waals surface area contributed by atoms with E-state index in [1.54, 1.807) is 6.07 Å². The third-order valence-electron chi connectivity index (χ3n) is 3.83. The lowest BCUT2D eigenvalue weighted by molar-refractivity contribution is -0.123. The minimum atomic E-state index is -0.400. The first-order chi connectivity index (χ1) is 13.2. The molecule has 0 heterocycles. The van der Waals surface area contributed by atoms with E-state index >= 15 is 0 Å². The van der Waals surface area contributed by atoms with Crippen molar-refractivity contribution >= 4 is 5.91 Å². The van der Waals surface area contributed by atoms with Crippen molar-refractivity contribution in [3.8, 4) is 11.5 Å². The van der Waals surface area contributed by atoms with Gasteiger partial charge in [0.15, 0.2) is 6.61 Å². The maximum Gasteiger partial charge on any atom is 0.258 e. The van der Waals surface area contributed by atoms with Crippen molar-refractivity contribution in [2.75, 3.05) is 6.61 Å². The number of carbonyl (C=O) groups is 1. The molecule has 27 heavy (non-hydrogen) atoms. The average molecular weight is 365 g/mol. The summed E-state index contributed by atoms with van der Waals surface area (Å²) in [4.78, 5) is 11.8. The number of rotatable bonds is 8. The lowest BCUT2D eigenvalue weighted by Gasteiger charge is -2.09. The van der Waals surface area contributed by atoms with Crippen LogP contribution in [-0.4, -0.2) is 12.5 Å². The van der Waals surface area contributed by atoms with Crippen molar-refractivity contribution in [1.29, 1.82) is 0 Å². The molecule has 0 saturated heterocycles. The van der Waals surface area contributed by atoms with Crippen LogP contribution >= 0.6 is 0 Å². The first-order valence-electron chi connectivity index (χ1n) is 8.60. The summed E-state index contributed by atoms with van der Waals surface area (Å²) in [6.45, 7) is 0.723. The van der Waals surface area contributed by atoms with Gasteiger partial charge in [-0.3, -0.25) is 4.79 Å². The van der Waals surface area contributed by atoms with Gasteiger partial charge in [0.1, 0.15) is 23.9 Å². The van der Waals surface area contributed by atoms with Crippen molar-refractivity contribution < 1.29 is 18.7 Å². The molecule has 0 unspecified atom stereocenters. The van der Waals surface area contributed by atoms with Crippen molar-refractivity contribution in [3.63, 3.8) is 0 Å². The van der Waals surface area contributed by atoms with Crippen LogP contribution in [0.4, 0.5) is 4.39 Å². The van der Waals surface area contributed by atoms with Gasteiger partial charge in [-0.25, -0.2) is 4.39 Å². The Morgan fingerprint density at radius 3 is 2.33 bits per heavy atom. The maximum atomic E-state index is 13.1. The average Bonchev–Trinajstić information content (AvgIpc) is 2.71. The van der Waals surface area contributed by atoms with Crippen molar-refractivity contribution in [1.82, 2.24) is 5.32 Å². The molecule has 5 heteroatoms. The number of ether oxygens (including phenoxy) is 2. The summed E-state index contributed by atoms with van der Waals surface area (Å²) in [7, 11) is 0. The Hall–Kier alpha value is -3.34. The zero-order valence-electron chi connectivity index (χ0n) is 14.7. The predicted molar refractivity (Wildman–Crippen MR) is 101 cm³/mol. The first-order valence-corrected chi connectivity index (χ1v) is 8.60. The third kappa shape index (κ3) is 6.15. The van der Waals surface area contributed by atoms with Gasteiger partial charge in [-0.2, -0.15) is 0 Å². The molecule has 1 amide bonds. The van der Waals surface area contributed by atoms with E-state index in [-0.39, 0.29) is 12.5 Å². The fourth-order valence-electron chi connectivity index (χ4n) is 2.40. The quantitative estimate of drug-likeness (QED) is 0.654. The second-order valence-corrected chi connectivity index (χ2v) is 5.94. The molecule has 0 aliphatic rings. The largest absolute Gasteiger partial charge is 0.489 e. The minimum Gasteiger partial charge on any atom is -0.489 e. The fraction of sp³-hybridized carbons (Fsp3) is 0.136. The molecule has 3 aromatic carbocycles. The summed E-state index contributed by atoms with van der Waals surface area (Å²) < 4.78 is 24.0. The van der Waals surface area contributed by atoms with Crippen LogP contribution in [0, 0.1) is 5.82 Å². The highest BCUT2D eigenvalue weighted by Gasteiger charge is 2.04. The van der Waals surface area contributed by atoms with E-state index in [2.05, 4.69) is 5.32 Å². The predicted octanol–water partition coefficient (Wildman–Crippen LogP) is 4.10. The second kappa shape index (κ2) is 9.38. The fourth-order valence-corrected chi connectivity index (χ4v) is 2.40. The van der Waals surface area contributed by atoms with Crippen LogP contribution in [0.1, 0.15) is 11.1 Å². The molecule has 4 nitrogen and oxygen atoms in total. The third-order valence-corrected chi connectivity index (χ3v) is 3.83. The number of nitrogens with one attached hydrogen (secondary N) is 1. The molecule has 0 radical (unpaired) electrons. The summed E-state index contributed by atoms with van der Waals surface area (Å²) in [5.41, 5.74) is 2.05. The molecule has 0 aliphatic heterocycles. The molecular formula is C22H20FNO3. The van der Waals surface area contributed by atoms with Gasteiger partial charge in [0.2, 0.25) is 0 Å². The maximum absolute atomic E-state index is 13.1. The Balaban J connectivity index is 1.41. The van der Waals surface area contributed by atoms with Crippen LogP contribution < -0.4 is 14.8 Å². The molecule has 3 aromatic rings. The smallest absolute Gasteiger partial charge is 0.258 e. The van der Waals surface area contributed by atoms with Crippen molar-refractivity contribution in [2.24, 2.45) is 0 Å². The van der Waals surface area contributed by atoms with Gasteiger partial charge < -0.3 is 14.8 Å². The van der Waals surface area contributed by atoms with Crippen LogP contribution in [0.3, 0.4) is 0 Å². The summed E-state index contributed by atoms with van der Waals surface area (Å²) >= 11 is 0. The van der Waals surface area contributed by atoms with Crippen LogP contribution in [0.15, 0.2) is 78.9 Å². The Morgan fingerprint density at radius 2 is 1.59 bits per heavy atom. The molecule has 0 bridgehead atoms. The molecule has 0 fully saturated rings. The van der Waals surface area contributed by atoms with E-state index in [0.717, 1.165) is 16.9 Å². The Labute approximate surface area is 157 Å². The van der Waals surface area contributed by atoms with Gasteiger partial charge in [0.05, 0.1) is 0 Å². The van der Waals surface area contributed by atoms with E-state index in [1.807, 2.05) is 54.6 Å². The highest BCUT2D eigenvalue weighted by atomic mass is 19.1. The molecule has 0 aliphatic carbocycles. The molecule has 0 aromatic heterocycles. The van der Waals surface area contributed by atoms with Gasteiger partial charge in [-0.15, -0.1) is 0 Å². The standard InChI is InChI=1S/C22H20FNO3/c23-19-7-4-8-21(13-19)27-16-22(25)24-14-17-9-11-20(12-10-17)26-15-18-5-2-1-3-6-18/h1-13H,14-16H2,(H,24,25). The first kappa shape index (κ1) is 18.5. The van der Waals surface area contributed by atoms with Crippen LogP contribution in [0.5, 0.6) is 11.5 Å². The molecular weight excluding hydrogens is 345 g/mol. The molecule has 0 spiro atoms. The summed E-state index contributed by atoms with van der Waals surface area (Å²) in [5, 5.41) is 2.76. The summed E-state index contributed by atoms with van der Waals surface area (Å²) in [6.07, 6.45) is 0. The summed E-state index contributed by atoms with van der Waals surface area (Å²) in [5.74, 6) is 0.416. The number of carbonyl (C=O) groups excluding carboxylic acids is 1. The number of halogens is 1. The molecule has 138 valence electrons. The van der Waals surface area contributed by atoms with Crippen molar-refractivity contribution in [3.05, 3.63) is 95.8 Å². The number of benzene rings is 3. The van der Waals surface area contributed by atoms with Gasteiger partial charge >= 0.3 is 0 Å². The minimum absolute atomic E-state index is 0.165. The number of hydrogen-bond donors (Lipinski definition) is 1. The molecule has 3 rings (SSSR count). The van der Waals surface area contributed by atoms with Gasteiger partial charge in [-0.05, 0) is 35.4 Å². The van der Waals surface area contributed by atoms with Gasteiger partial charge in [0.25, 0.3) is 5.91 Å². The topological polar surface area (TPSA) is 47.6 Å². The highest BCUT2D eigenvalue weighted by Crippen LogP contribution is 2.14. The van der Waals surface area contributed by atoms with E-state index in [1.165, 1.54) is 18.2 Å². The van der Waals surface area contributed by atoms with E-state index in [4.69, 9.17) is 9.47 Å². The number of hydrogen-bond acceptors (Lipinski definition) is 3. The van der Waals surface area contributed by atoms with Crippen LogP contribution in [0.2, 0.25) is 0 Å². The Bertz CT molecular complexity index is 866.